The first-order valence-electron chi connectivity index (χ1n) is 5.28. The average molecular weight is 223 g/mol. The first-order valence-corrected chi connectivity index (χ1v) is 5.28. The lowest BCUT2D eigenvalue weighted by Gasteiger charge is -2.12. The predicted molar refractivity (Wildman–Crippen MR) is 63.0 cm³/mol. The highest BCUT2D eigenvalue weighted by Crippen LogP contribution is 1.94. The lowest BCUT2D eigenvalue weighted by molar-refractivity contribution is -0.122. The number of aromatic nitrogens is 1. The molecule has 0 fully saturated rings. The number of nitrogens with zero attached hydrogens (tertiary/aromatic N) is 1. The van der Waals surface area contributed by atoms with Gasteiger partial charge in [0.2, 0.25) is 11.3 Å². The van der Waals surface area contributed by atoms with Crippen molar-refractivity contribution in [2.75, 3.05) is 5.73 Å². The third-order valence-corrected chi connectivity index (χ3v) is 2.35. The second-order valence-electron chi connectivity index (χ2n) is 3.81. The number of pyridine rings is 1. The molecule has 0 spiro atoms. The van der Waals surface area contributed by atoms with Gasteiger partial charge in [0.05, 0.1) is 5.69 Å². The van der Waals surface area contributed by atoms with Crippen LogP contribution in [0.3, 0.4) is 0 Å². The zero-order valence-electron chi connectivity index (χ0n) is 9.56. The van der Waals surface area contributed by atoms with Crippen LogP contribution in [0.4, 0.5) is 5.69 Å². The van der Waals surface area contributed by atoms with Gasteiger partial charge in [-0.2, -0.15) is 0 Å². The van der Waals surface area contributed by atoms with E-state index in [-0.39, 0.29) is 29.6 Å². The molecule has 0 aliphatic rings. The molecule has 3 N–H and O–H groups in total. The van der Waals surface area contributed by atoms with Gasteiger partial charge in [0.1, 0.15) is 6.54 Å². The standard InChI is InChI=1S/C11H17N3O2/c1-3-8(2)13-11(16)7-14-5-4-10(15)9(12)6-14/h4-6,8H,3,7,12H2,1-2H3,(H,13,16). The molecule has 0 aromatic carbocycles. The van der Waals surface area contributed by atoms with Crippen molar-refractivity contribution in [3.63, 3.8) is 0 Å². The Bertz CT molecular complexity index is 425. The Labute approximate surface area is 94.3 Å². The van der Waals surface area contributed by atoms with Crippen molar-refractivity contribution in [3.8, 4) is 0 Å². The summed E-state index contributed by atoms with van der Waals surface area (Å²) in [4.78, 5) is 22.6. The van der Waals surface area contributed by atoms with Crippen LogP contribution in [0.25, 0.3) is 0 Å². The molecule has 0 saturated carbocycles. The number of hydrogen-bond acceptors (Lipinski definition) is 3. The maximum atomic E-state index is 11.5. The van der Waals surface area contributed by atoms with Crippen LogP contribution in [0, 0.1) is 0 Å². The molecule has 0 aliphatic carbocycles. The molecule has 0 aliphatic heterocycles. The second-order valence-corrected chi connectivity index (χ2v) is 3.81. The van der Waals surface area contributed by atoms with E-state index in [2.05, 4.69) is 5.32 Å². The van der Waals surface area contributed by atoms with Crippen molar-refractivity contribution in [3.05, 3.63) is 28.7 Å². The number of rotatable bonds is 4. The van der Waals surface area contributed by atoms with Gasteiger partial charge in [-0.1, -0.05) is 6.92 Å². The van der Waals surface area contributed by atoms with E-state index in [1.54, 1.807) is 10.8 Å². The molecule has 1 amide bonds. The Kier molecular flexibility index (Phi) is 4.10. The highest BCUT2D eigenvalue weighted by atomic mass is 16.2. The number of hydrogen-bond donors (Lipinski definition) is 2. The number of anilines is 1. The lowest BCUT2D eigenvalue weighted by Crippen LogP contribution is -2.34. The number of nitrogens with two attached hydrogens (primary N) is 1. The zero-order chi connectivity index (χ0) is 12.1. The van der Waals surface area contributed by atoms with E-state index in [0.717, 1.165) is 6.42 Å². The minimum Gasteiger partial charge on any atom is -0.394 e. The van der Waals surface area contributed by atoms with Crippen molar-refractivity contribution in [2.24, 2.45) is 0 Å². The van der Waals surface area contributed by atoms with Crippen LogP contribution in [-0.2, 0) is 11.3 Å². The average Bonchev–Trinajstić information content (AvgIpc) is 2.23. The Hall–Kier alpha value is -1.78. The summed E-state index contributed by atoms with van der Waals surface area (Å²) in [5, 5.41) is 2.83. The Morgan fingerprint density at radius 2 is 2.31 bits per heavy atom. The van der Waals surface area contributed by atoms with Crippen LogP contribution < -0.4 is 16.5 Å². The fourth-order valence-electron chi connectivity index (χ4n) is 1.23. The van der Waals surface area contributed by atoms with Crippen molar-refractivity contribution >= 4 is 11.6 Å². The molecule has 88 valence electrons. The van der Waals surface area contributed by atoms with E-state index in [1.165, 1.54) is 12.3 Å². The van der Waals surface area contributed by atoms with Gasteiger partial charge >= 0.3 is 0 Å². The SMILES string of the molecule is CCC(C)NC(=O)Cn1ccc(=O)c(N)c1. The summed E-state index contributed by atoms with van der Waals surface area (Å²) in [6.07, 6.45) is 3.91. The summed E-state index contributed by atoms with van der Waals surface area (Å²) in [5.41, 5.74) is 5.39. The third kappa shape index (κ3) is 3.42. The molecular formula is C11H17N3O2. The molecule has 5 nitrogen and oxygen atoms in total. The highest BCUT2D eigenvalue weighted by Gasteiger charge is 2.05. The van der Waals surface area contributed by atoms with Crippen LogP contribution in [-0.4, -0.2) is 16.5 Å². The van der Waals surface area contributed by atoms with E-state index in [1.807, 2.05) is 13.8 Å². The topological polar surface area (TPSA) is 77.1 Å². The summed E-state index contributed by atoms with van der Waals surface area (Å²) < 4.78 is 1.59. The van der Waals surface area contributed by atoms with Crippen molar-refractivity contribution in [1.82, 2.24) is 9.88 Å². The van der Waals surface area contributed by atoms with Crippen LogP contribution in [0.2, 0.25) is 0 Å². The molecule has 0 saturated heterocycles. The largest absolute Gasteiger partial charge is 0.394 e. The van der Waals surface area contributed by atoms with Gasteiger partial charge in [-0.3, -0.25) is 9.59 Å². The number of amides is 1. The Morgan fingerprint density at radius 3 is 2.88 bits per heavy atom. The second kappa shape index (κ2) is 5.34. The zero-order valence-corrected chi connectivity index (χ0v) is 9.56. The molecular weight excluding hydrogens is 206 g/mol. The first-order chi connectivity index (χ1) is 7.52. The third-order valence-electron chi connectivity index (χ3n) is 2.35. The fraction of sp³-hybridized carbons (Fsp3) is 0.455. The Morgan fingerprint density at radius 1 is 1.62 bits per heavy atom. The molecule has 1 atom stereocenters. The normalized spacial score (nSPS) is 12.1. The smallest absolute Gasteiger partial charge is 0.240 e. The van der Waals surface area contributed by atoms with Gasteiger partial charge in [-0.05, 0) is 13.3 Å². The summed E-state index contributed by atoms with van der Waals surface area (Å²) in [7, 11) is 0. The molecule has 1 unspecified atom stereocenters. The minimum atomic E-state index is -0.224. The quantitative estimate of drug-likeness (QED) is 0.773. The number of nitrogens with one attached hydrogen (secondary N) is 1. The van der Waals surface area contributed by atoms with Gasteiger partial charge in [-0.25, -0.2) is 0 Å². The van der Waals surface area contributed by atoms with Crippen LogP contribution in [0.5, 0.6) is 0 Å². The highest BCUT2D eigenvalue weighted by molar-refractivity contribution is 5.76. The summed E-state index contributed by atoms with van der Waals surface area (Å²) in [6.45, 7) is 4.12. The van der Waals surface area contributed by atoms with E-state index in [4.69, 9.17) is 5.73 Å². The first kappa shape index (κ1) is 12.3. The van der Waals surface area contributed by atoms with Crippen LogP contribution >= 0.6 is 0 Å². The summed E-state index contributed by atoms with van der Waals surface area (Å²) >= 11 is 0. The molecule has 0 radical (unpaired) electrons. The number of carbonyl (C=O) groups is 1. The fourth-order valence-corrected chi connectivity index (χ4v) is 1.23. The van der Waals surface area contributed by atoms with Crippen LogP contribution in [0.15, 0.2) is 23.3 Å². The molecule has 0 bridgehead atoms. The van der Waals surface area contributed by atoms with Gasteiger partial charge in [-0.15, -0.1) is 0 Å². The minimum absolute atomic E-state index is 0.0857. The Balaban J connectivity index is 2.63. The van der Waals surface area contributed by atoms with Crippen molar-refractivity contribution < 1.29 is 4.79 Å². The maximum Gasteiger partial charge on any atom is 0.240 e. The molecule has 5 heteroatoms. The van der Waals surface area contributed by atoms with Gasteiger partial charge in [0.15, 0.2) is 0 Å². The predicted octanol–water partition coefficient (Wildman–Crippen LogP) is 0.345. The molecule has 1 rings (SSSR count). The van der Waals surface area contributed by atoms with Gasteiger partial charge in [0, 0.05) is 24.5 Å². The lowest BCUT2D eigenvalue weighted by atomic mass is 10.2. The summed E-state index contributed by atoms with van der Waals surface area (Å²) in [5.74, 6) is -0.0857. The van der Waals surface area contributed by atoms with E-state index in [0.29, 0.717) is 0 Å². The van der Waals surface area contributed by atoms with E-state index in [9.17, 15) is 9.59 Å². The molecule has 1 aromatic heterocycles. The molecule has 1 aromatic rings. The maximum absolute atomic E-state index is 11.5. The number of carbonyl (C=O) groups excluding carboxylic acids is 1. The number of nitrogen functional groups attached to an aromatic ring is 1. The van der Waals surface area contributed by atoms with E-state index < -0.39 is 0 Å². The van der Waals surface area contributed by atoms with E-state index >= 15 is 0 Å². The van der Waals surface area contributed by atoms with Crippen molar-refractivity contribution in [1.29, 1.82) is 0 Å². The van der Waals surface area contributed by atoms with Crippen LogP contribution in [0.1, 0.15) is 20.3 Å². The van der Waals surface area contributed by atoms with Gasteiger partial charge in [0.25, 0.3) is 0 Å². The summed E-state index contributed by atoms with van der Waals surface area (Å²) in [6, 6.07) is 1.51. The van der Waals surface area contributed by atoms with Crippen molar-refractivity contribution in [2.45, 2.75) is 32.9 Å². The van der Waals surface area contributed by atoms with Gasteiger partial charge < -0.3 is 15.6 Å². The monoisotopic (exact) mass is 223 g/mol. The molecule has 16 heavy (non-hydrogen) atoms. The molecule has 1 heterocycles.